The van der Waals surface area contributed by atoms with Gasteiger partial charge in [-0.2, -0.15) is 5.48 Å². The Kier molecular flexibility index (Phi) is 5.65. The molecule has 0 radical (unpaired) electrons. The molecule has 1 saturated carbocycles. The first kappa shape index (κ1) is 16.3. The summed E-state index contributed by atoms with van der Waals surface area (Å²) in [6, 6.07) is 7.46. The van der Waals surface area contributed by atoms with Crippen molar-refractivity contribution < 1.29 is 23.2 Å². The van der Waals surface area contributed by atoms with Gasteiger partial charge in [0.2, 0.25) is 0 Å². The lowest BCUT2D eigenvalue weighted by Gasteiger charge is -2.26. The molecule has 1 unspecified atom stereocenters. The van der Waals surface area contributed by atoms with E-state index in [9.17, 15) is 9.36 Å². The smallest absolute Gasteiger partial charge is 0.405 e. The molecule has 6 nitrogen and oxygen atoms in total. The predicted octanol–water partition coefficient (Wildman–Crippen LogP) is 3.42. The second-order valence-corrected chi connectivity index (χ2v) is 7.22. The van der Waals surface area contributed by atoms with Gasteiger partial charge in [-0.1, -0.05) is 18.2 Å². The highest BCUT2D eigenvalue weighted by molar-refractivity contribution is 7.82. The van der Waals surface area contributed by atoms with Gasteiger partial charge in [0.15, 0.2) is 0 Å². The van der Waals surface area contributed by atoms with E-state index in [0.29, 0.717) is 0 Å². The minimum Gasteiger partial charge on any atom is -0.405 e. The molecule has 1 aromatic rings. The van der Waals surface area contributed by atoms with Crippen LogP contribution in [0.2, 0.25) is 0 Å². The second-order valence-electron chi connectivity index (χ2n) is 4.76. The number of hydrogen-bond donors (Lipinski definition) is 1. The Labute approximate surface area is 128 Å². The molecule has 0 aliphatic heterocycles. The van der Waals surface area contributed by atoms with E-state index in [2.05, 4.69) is 5.48 Å². The molecule has 1 aromatic carbocycles. The van der Waals surface area contributed by atoms with Gasteiger partial charge in [-0.25, -0.2) is 9.36 Å². The number of nitrogens with one attached hydrogen (secondary N) is 1. The average molecular weight is 334 g/mol. The fraction of sp³-hybridized carbons (Fsp3) is 0.462. The highest BCUT2D eigenvalue weighted by Crippen LogP contribution is 2.53. The predicted molar refractivity (Wildman–Crippen MR) is 77.9 cm³/mol. The molecule has 0 amide bonds. The molecule has 1 fully saturated rings. The summed E-state index contributed by atoms with van der Waals surface area (Å²) in [5.74, 6) is -0.543. The highest BCUT2D eigenvalue weighted by Gasteiger charge is 2.31. The molecule has 2 rings (SSSR count). The van der Waals surface area contributed by atoms with Crippen LogP contribution in [0.3, 0.4) is 0 Å². The Morgan fingerprint density at radius 3 is 2.62 bits per heavy atom. The van der Waals surface area contributed by atoms with Crippen molar-refractivity contribution in [2.24, 2.45) is 0 Å². The third-order valence-corrected chi connectivity index (χ3v) is 4.21. The molecule has 0 bridgehead atoms. The third-order valence-electron chi connectivity index (χ3n) is 2.97. The fourth-order valence-corrected chi connectivity index (χ4v) is 2.77. The van der Waals surface area contributed by atoms with Crippen molar-refractivity contribution in [2.45, 2.75) is 38.3 Å². The number of rotatable bonds is 7. The lowest BCUT2D eigenvalue weighted by molar-refractivity contribution is -0.145. The number of hydrogen-bond acceptors (Lipinski definition) is 6. The molecule has 1 aliphatic carbocycles. The largest absolute Gasteiger partial charge is 0.532 e. The minimum absolute atomic E-state index is 0.114. The van der Waals surface area contributed by atoms with Crippen molar-refractivity contribution in [1.82, 2.24) is 5.48 Å². The first-order valence-electron chi connectivity index (χ1n) is 6.65. The molecular weight excluding hydrogens is 317 g/mol. The molecular formula is C13H17ClNO5P. The Morgan fingerprint density at radius 1 is 1.38 bits per heavy atom. The zero-order valence-electron chi connectivity index (χ0n) is 11.5. The summed E-state index contributed by atoms with van der Waals surface area (Å²) in [7, 11) is 0. The van der Waals surface area contributed by atoms with Gasteiger partial charge in [0, 0.05) is 11.2 Å². The Hall–Kier alpha value is -1.07. The lowest BCUT2D eigenvalue weighted by atomic mass is 9.97. The van der Waals surface area contributed by atoms with E-state index in [1.165, 1.54) is 6.92 Å². The quantitative estimate of drug-likeness (QED) is 0.609. The zero-order valence-corrected chi connectivity index (χ0v) is 13.2. The fourth-order valence-electron chi connectivity index (χ4n) is 1.55. The van der Waals surface area contributed by atoms with Gasteiger partial charge < -0.3 is 9.05 Å². The maximum Gasteiger partial charge on any atom is 0.532 e. The minimum atomic E-state index is -4.04. The van der Waals surface area contributed by atoms with Crippen LogP contribution >= 0.6 is 18.2 Å². The molecule has 2 atom stereocenters. The van der Waals surface area contributed by atoms with Crippen LogP contribution in [-0.2, 0) is 18.7 Å². The number of halogens is 1. The summed E-state index contributed by atoms with van der Waals surface area (Å²) in [6.07, 6.45) is 3.15. The SMILES string of the molecule is C[C@H](NOC1CCC1)C(=O)OP(=O)(Cl)Oc1ccccc1. The first-order chi connectivity index (χ1) is 9.96. The van der Waals surface area contributed by atoms with Crippen molar-refractivity contribution in [1.29, 1.82) is 0 Å². The molecule has 1 aliphatic rings. The van der Waals surface area contributed by atoms with Crippen LogP contribution in [0.4, 0.5) is 0 Å². The van der Waals surface area contributed by atoms with Gasteiger partial charge in [0.25, 0.3) is 0 Å². The van der Waals surface area contributed by atoms with Gasteiger partial charge in [-0.15, -0.1) is 0 Å². The summed E-state index contributed by atoms with van der Waals surface area (Å²) >= 11 is 5.63. The Morgan fingerprint density at radius 2 is 2.05 bits per heavy atom. The molecule has 8 heteroatoms. The van der Waals surface area contributed by atoms with Crippen molar-refractivity contribution >= 4 is 24.2 Å². The Bertz CT molecular complexity index is 523. The number of carbonyl (C=O) groups is 1. The van der Waals surface area contributed by atoms with Crippen molar-refractivity contribution in [3.63, 3.8) is 0 Å². The zero-order chi connectivity index (χ0) is 15.3. The first-order valence-corrected chi connectivity index (χ1v) is 9.10. The lowest BCUT2D eigenvalue weighted by Crippen LogP contribution is -2.39. The molecule has 116 valence electrons. The molecule has 0 spiro atoms. The molecule has 0 saturated heterocycles. The number of benzene rings is 1. The van der Waals surface area contributed by atoms with Crippen molar-refractivity contribution in [3.8, 4) is 5.75 Å². The van der Waals surface area contributed by atoms with Crippen molar-refractivity contribution in [3.05, 3.63) is 30.3 Å². The normalized spacial score (nSPS) is 19.1. The van der Waals surface area contributed by atoms with E-state index in [0.717, 1.165) is 19.3 Å². The van der Waals surface area contributed by atoms with Gasteiger partial charge in [0.05, 0.1) is 6.10 Å². The molecule has 0 aromatic heterocycles. The molecule has 1 N–H and O–H groups in total. The van der Waals surface area contributed by atoms with Gasteiger partial charge in [0.1, 0.15) is 11.8 Å². The maximum absolute atomic E-state index is 11.9. The summed E-state index contributed by atoms with van der Waals surface area (Å²) in [4.78, 5) is 17.0. The topological polar surface area (TPSA) is 73.9 Å². The van der Waals surface area contributed by atoms with E-state index in [4.69, 9.17) is 25.1 Å². The monoisotopic (exact) mass is 333 g/mol. The third kappa shape index (κ3) is 5.32. The van der Waals surface area contributed by atoms with Crippen LogP contribution < -0.4 is 10.0 Å². The van der Waals surface area contributed by atoms with E-state index in [1.807, 2.05) is 0 Å². The van der Waals surface area contributed by atoms with Crippen LogP contribution in [0.25, 0.3) is 0 Å². The molecule has 21 heavy (non-hydrogen) atoms. The van der Waals surface area contributed by atoms with E-state index in [-0.39, 0.29) is 11.9 Å². The number of carbonyl (C=O) groups excluding carboxylic acids is 1. The van der Waals surface area contributed by atoms with Crippen LogP contribution in [0.5, 0.6) is 5.75 Å². The average Bonchev–Trinajstić information content (AvgIpc) is 2.36. The van der Waals surface area contributed by atoms with Crippen molar-refractivity contribution in [2.75, 3.05) is 0 Å². The van der Waals surface area contributed by atoms with Gasteiger partial charge >= 0.3 is 12.9 Å². The number of para-hydroxylation sites is 1. The van der Waals surface area contributed by atoms with Crippen LogP contribution in [0, 0.1) is 0 Å². The van der Waals surface area contributed by atoms with E-state index < -0.39 is 19.0 Å². The second kappa shape index (κ2) is 7.27. The van der Waals surface area contributed by atoms with Gasteiger partial charge in [-0.3, -0.25) is 4.84 Å². The molecule has 0 heterocycles. The van der Waals surface area contributed by atoms with E-state index in [1.54, 1.807) is 30.3 Å². The van der Waals surface area contributed by atoms with E-state index >= 15 is 0 Å². The van der Waals surface area contributed by atoms with Crippen LogP contribution in [-0.4, -0.2) is 18.1 Å². The van der Waals surface area contributed by atoms with Crippen LogP contribution in [0.1, 0.15) is 26.2 Å². The summed E-state index contributed by atoms with van der Waals surface area (Å²) in [6.45, 7) is -2.51. The summed E-state index contributed by atoms with van der Waals surface area (Å²) in [5, 5.41) is 0. The van der Waals surface area contributed by atoms with Crippen LogP contribution in [0.15, 0.2) is 30.3 Å². The van der Waals surface area contributed by atoms with Gasteiger partial charge in [-0.05, 0) is 38.3 Å². The standard InChI is InChI=1S/C13H17ClNO5P/c1-10(15-18-11-8-5-9-11)13(16)20-21(14,17)19-12-6-3-2-4-7-12/h2-4,6-7,10-11,15H,5,8-9H2,1H3/t10-,21?/m0/s1. The maximum atomic E-state index is 11.9. The number of hydroxylamine groups is 1. The Balaban J connectivity index is 1.80. The summed E-state index contributed by atoms with van der Waals surface area (Å²) in [5.41, 5.74) is 2.56. The highest BCUT2D eigenvalue weighted by atomic mass is 35.7. The summed E-state index contributed by atoms with van der Waals surface area (Å²) < 4.78 is 21.6.